The second kappa shape index (κ2) is 3.69. The van der Waals surface area contributed by atoms with Gasteiger partial charge in [-0.15, -0.1) is 0 Å². The first-order valence-corrected chi connectivity index (χ1v) is 5.47. The van der Waals surface area contributed by atoms with Crippen LogP contribution in [0.25, 0.3) is 0 Å². The topological polar surface area (TPSA) is 84.2 Å². The van der Waals surface area contributed by atoms with Crippen LogP contribution in [0.1, 0.15) is 12.8 Å². The maximum atomic E-state index is 10.9. The van der Waals surface area contributed by atoms with E-state index in [1.807, 2.05) is 0 Å². The summed E-state index contributed by atoms with van der Waals surface area (Å²) in [6, 6.07) is -0.0341. The minimum Gasteiger partial charge on any atom is -0.326 e. The third-order valence-corrected chi connectivity index (χ3v) is 3.09. The minimum atomic E-state index is -3.30. The van der Waals surface area contributed by atoms with Gasteiger partial charge in [0.1, 0.15) is 0 Å². The van der Waals surface area contributed by atoms with Gasteiger partial charge in [0.25, 0.3) is 10.2 Å². The largest absolute Gasteiger partial charge is 0.326 e. The van der Waals surface area contributed by atoms with Crippen molar-refractivity contribution in [2.45, 2.75) is 18.9 Å². The fraction of sp³-hybridized carbons (Fsp3) is 1.00. The lowest BCUT2D eigenvalue weighted by Gasteiger charge is -2.10. The van der Waals surface area contributed by atoms with E-state index in [9.17, 15) is 8.42 Å². The molecule has 0 saturated heterocycles. The molecule has 5 nitrogen and oxygen atoms in total. The summed E-state index contributed by atoms with van der Waals surface area (Å²) in [6.07, 6.45) is 2.25. The van der Waals surface area contributed by atoms with Crippen molar-refractivity contribution in [1.29, 1.82) is 0 Å². The van der Waals surface area contributed by atoms with Crippen molar-refractivity contribution in [2.24, 2.45) is 11.7 Å². The van der Waals surface area contributed by atoms with Crippen LogP contribution < -0.4 is 15.2 Å². The first-order chi connectivity index (χ1) is 5.55. The molecule has 1 fully saturated rings. The Labute approximate surface area is 72.9 Å². The molecular weight excluding hydrogens is 178 g/mol. The lowest BCUT2D eigenvalue weighted by molar-refractivity contribution is 0.542. The van der Waals surface area contributed by atoms with Gasteiger partial charge in [0.05, 0.1) is 0 Å². The third kappa shape index (κ3) is 3.06. The standard InChI is InChI=1S/C6H15N3O2S/c1-8-12(10,11)9-4-6(7)5-2-3-5/h5-6,8-9H,2-4,7H2,1H3. The molecular formula is C6H15N3O2S. The molecule has 0 spiro atoms. The molecule has 0 radical (unpaired) electrons. The predicted molar refractivity (Wildman–Crippen MR) is 46.7 cm³/mol. The first-order valence-electron chi connectivity index (χ1n) is 3.99. The predicted octanol–water partition coefficient (Wildman–Crippen LogP) is -1.22. The quantitative estimate of drug-likeness (QED) is 0.511. The number of nitrogens with two attached hydrogens (primary N) is 1. The van der Waals surface area contributed by atoms with E-state index < -0.39 is 10.2 Å². The van der Waals surface area contributed by atoms with Crippen molar-refractivity contribution in [3.05, 3.63) is 0 Å². The van der Waals surface area contributed by atoms with Crippen LogP contribution in [0.3, 0.4) is 0 Å². The molecule has 1 atom stereocenters. The zero-order valence-electron chi connectivity index (χ0n) is 7.08. The zero-order chi connectivity index (χ0) is 9.19. The molecule has 0 aromatic rings. The highest BCUT2D eigenvalue weighted by molar-refractivity contribution is 7.87. The van der Waals surface area contributed by atoms with Gasteiger partial charge < -0.3 is 5.73 Å². The van der Waals surface area contributed by atoms with E-state index in [0.29, 0.717) is 12.5 Å². The van der Waals surface area contributed by atoms with E-state index in [1.54, 1.807) is 0 Å². The fourth-order valence-corrected chi connectivity index (χ4v) is 1.53. The Hall–Kier alpha value is -0.170. The van der Waals surface area contributed by atoms with Crippen molar-refractivity contribution in [3.8, 4) is 0 Å². The van der Waals surface area contributed by atoms with Crippen molar-refractivity contribution in [2.75, 3.05) is 13.6 Å². The van der Waals surface area contributed by atoms with Crippen LogP contribution in [-0.4, -0.2) is 28.1 Å². The summed E-state index contributed by atoms with van der Waals surface area (Å²) >= 11 is 0. The fourth-order valence-electron chi connectivity index (χ4n) is 0.969. The molecule has 0 heterocycles. The van der Waals surface area contributed by atoms with Crippen LogP contribution in [0.4, 0.5) is 0 Å². The molecule has 1 rings (SSSR count). The summed E-state index contributed by atoms with van der Waals surface area (Å²) in [7, 11) is -1.93. The van der Waals surface area contributed by atoms with E-state index in [1.165, 1.54) is 7.05 Å². The highest BCUT2D eigenvalue weighted by atomic mass is 32.2. The molecule has 72 valence electrons. The molecule has 0 aliphatic heterocycles. The molecule has 1 aliphatic rings. The van der Waals surface area contributed by atoms with Gasteiger partial charge in [0.2, 0.25) is 0 Å². The number of nitrogens with one attached hydrogen (secondary N) is 2. The zero-order valence-corrected chi connectivity index (χ0v) is 7.89. The number of hydrogen-bond acceptors (Lipinski definition) is 3. The van der Waals surface area contributed by atoms with Crippen LogP contribution >= 0.6 is 0 Å². The highest BCUT2D eigenvalue weighted by Gasteiger charge is 2.28. The molecule has 1 aliphatic carbocycles. The second-order valence-electron chi connectivity index (χ2n) is 3.06. The molecule has 0 aromatic heterocycles. The van der Waals surface area contributed by atoms with E-state index in [4.69, 9.17) is 5.73 Å². The summed E-state index contributed by atoms with van der Waals surface area (Å²) in [5.41, 5.74) is 5.69. The average molecular weight is 193 g/mol. The van der Waals surface area contributed by atoms with Gasteiger partial charge in [-0.3, -0.25) is 0 Å². The van der Waals surface area contributed by atoms with Gasteiger partial charge in [-0.05, 0) is 18.8 Å². The van der Waals surface area contributed by atoms with E-state index in [0.717, 1.165) is 12.8 Å². The molecule has 1 unspecified atom stereocenters. The molecule has 0 bridgehead atoms. The Morgan fingerprint density at radius 2 is 2.17 bits per heavy atom. The Kier molecular flexibility index (Phi) is 3.05. The van der Waals surface area contributed by atoms with Gasteiger partial charge in [-0.25, -0.2) is 9.44 Å². The second-order valence-corrected chi connectivity index (χ2v) is 4.76. The highest BCUT2D eigenvalue weighted by Crippen LogP contribution is 2.31. The lowest BCUT2D eigenvalue weighted by atomic mass is 10.2. The van der Waals surface area contributed by atoms with Crippen molar-refractivity contribution in [3.63, 3.8) is 0 Å². The summed E-state index contributed by atoms with van der Waals surface area (Å²) in [5.74, 6) is 0.518. The Morgan fingerprint density at radius 1 is 1.58 bits per heavy atom. The monoisotopic (exact) mass is 193 g/mol. The van der Waals surface area contributed by atoms with Crippen LogP contribution in [0.5, 0.6) is 0 Å². The van der Waals surface area contributed by atoms with Crippen LogP contribution in [0.2, 0.25) is 0 Å². The summed E-state index contributed by atoms with van der Waals surface area (Å²) < 4.78 is 26.3. The maximum Gasteiger partial charge on any atom is 0.276 e. The van der Waals surface area contributed by atoms with Crippen LogP contribution in [0, 0.1) is 5.92 Å². The van der Waals surface area contributed by atoms with Crippen LogP contribution in [0.15, 0.2) is 0 Å². The van der Waals surface area contributed by atoms with Gasteiger partial charge in [-0.1, -0.05) is 0 Å². The third-order valence-electron chi connectivity index (χ3n) is 2.01. The molecule has 0 aromatic carbocycles. The van der Waals surface area contributed by atoms with Gasteiger partial charge in [0.15, 0.2) is 0 Å². The van der Waals surface area contributed by atoms with E-state index in [2.05, 4.69) is 9.44 Å². The van der Waals surface area contributed by atoms with E-state index >= 15 is 0 Å². The summed E-state index contributed by atoms with van der Waals surface area (Å²) in [4.78, 5) is 0. The van der Waals surface area contributed by atoms with Crippen molar-refractivity contribution in [1.82, 2.24) is 9.44 Å². The number of hydrogen-bond donors (Lipinski definition) is 3. The lowest BCUT2D eigenvalue weighted by Crippen LogP contribution is -2.42. The van der Waals surface area contributed by atoms with Crippen molar-refractivity contribution < 1.29 is 8.42 Å². The molecule has 6 heteroatoms. The minimum absolute atomic E-state index is 0.0341. The summed E-state index contributed by atoms with van der Waals surface area (Å²) in [6.45, 7) is 0.327. The average Bonchev–Trinajstić information content (AvgIpc) is 2.83. The molecule has 4 N–H and O–H groups in total. The maximum absolute atomic E-state index is 10.9. The van der Waals surface area contributed by atoms with Crippen LogP contribution in [-0.2, 0) is 10.2 Å². The van der Waals surface area contributed by atoms with E-state index in [-0.39, 0.29) is 6.04 Å². The number of rotatable bonds is 5. The Balaban J connectivity index is 2.24. The first kappa shape index (κ1) is 9.91. The Bertz CT molecular complexity index is 235. The smallest absolute Gasteiger partial charge is 0.276 e. The normalized spacial score (nSPS) is 20.8. The van der Waals surface area contributed by atoms with Crippen molar-refractivity contribution >= 4 is 10.2 Å². The van der Waals surface area contributed by atoms with Gasteiger partial charge in [-0.2, -0.15) is 8.42 Å². The molecule has 12 heavy (non-hydrogen) atoms. The molecule has 0 amide bonds. The van der Waals surface area contributed by atoms with Gasteiger partial charge in [0, 0.05) is 19.6 Å². The summed E-state index contributed by atoms with van der Waals surface area (Å²) in [5, 5.41) is 0. The Morgan fingerprint density at radius 3 is 2.58 bits per heavy atom. The van der Waals surface area contributed by atoms with Gasteiger partial charge >= 0.3 is 0 Å². The SMILES string of the molecule is CNS(=O)(=O)NCC(N)C1CC1. The molecule has 1 saturated carbocycles.